The molecule has 2 aliphatic rings. The van der Waals surface area contributed by atoms with E-state index in [-0.39, 0.29) is 29.3 Å². The molecular weight excluding hydrogens is 886 g/mol. The van der Waals surface area contributed by atoms with E-state index in [1.165, 1.54) is 11.6 Å². The topological polar surface area (TPSA) is 175 Å². The largest absolute Gasteiger partial charge is 0.494 e. The summed E-state index contributed by atoms with van der Waals surface area (Å²) in [6.45, 7) is 9.57. The summed E-state index contributed by atoms with van der Waals surface area (Å²) in [7, 11) is -1.12. The molecule has 14 nitrogen and oxygen atoms in total. The fraction of sp³-hybridized carbons (Fsp3) is 0.395. The molecular formula is C43H50BrClFN10O4P. The highest BCUT2D eigenvalue weighted by molar-refractivity contribution is 9.10. The lowest BCUT2D eigenvalue weighted by molar-refractivity contribution is -0.134. The summed E-state index contributed by atoms with van der Waals surface area (Å²) in [5.74, 6) is -0.610. The summed E-state index contributed by atoms with van der Waals surface area (Å²) in [5.41, 5.74) is 5.84. The number of nitrogens with zero attached hydrogens (tertiary/aromatic N) is 5. The molecule has 3 aromatic carbocycles. The molecule has 2 saturated heterocycles. The van der Waals surface area contributed by atoms with Gasteiger partial charge in [-0.1, -0.05) is 18.5 Å². The number of hydrogen-bond acceptors (Lipinski definition) is 13. The molecule has 2 amide bonds. The van der Waals surface area contributed by atoms with E-state index in [0.29, 0.717) is 63.0 Å². The average molecular weight is 936 g/mol. The number of aromatic nitrogens is 4. The number of benzene rings is 3. The van der Waals surface area contributed by atoms with E-state index in [4.69, 9.17) is 21.3 Å². The number of amides is 2. The van der Waals surface area contributed by atoms with Gasteiger partial charge in [0, 0.05) is 79.6 Å². The first-order valence-electron chi connectivity index (χ1n) is 20.4. The molecule has 0 radical (unpaired) electrons. The Morgan fingerprint density at radius 2 is 1.79 bits per heavy atom. The maximum absolute atomic E-state index is 15.1. The van der Waals surface area contributed by atoms with Crippen molar-refractivity contribution in [3.63, 3.8) is 0 Å². The number of fused-ring (bicyclic) bond motifs is 1. The van der Waals surface area contributed by atoms with Gasteiger partial charge in [-0.2, -0.15) is 4.98 Å². The normalized spacial score (nSPS) is 16.2. The number of aryl methyl sites for hydroxylation is 1. The Morgan fingerprint density at radius 3 is 2.51 bits per heavy atom. The lowest BCUT2D eigenvalue weighted by Crippen LogP contribution is -2.44. The zero-order valence-electron chi connectivity index (χ0n) is 34.6. The van der Waals surface area contributed by atoms with Gasteiger partial charge in [-0.15, -0.1) is 0 Å². The van der Waals surface area contributed by atoms with Crippen molar-refractivity contribution in [3.8, 4) is 5.75 Å². The van der Waals surface area contributed by atoms with E-state index in [2.05, 4.69) is 81.4 Å². The second-order valence-electron chi connectivity index (χ2n) is 15.6. The van der Waals surface area contributed by atoms with Crippen LogP contribution in [0.4, 0.5) is 33.2 Å². The Kier molecular flexibility index (Phi) is 14.2. The van der Waals surface area contributed by atoms with Crippen LogP contribution < -0.4 is 41.5 Å². The third kappa shape index (κ3) is 10.5. The number of methoxy groups -OCH3 is 1. The van der Waals surface area contributed by atoms with Gasteiger partial charge in [-0.25, -0.2) is 9.37 Å². The zero-order chi connectivity index (χ0) is 43.3. The first kappa shape index (κ1) is 44.3. The maximum Gasteiger partial charge on any atom is 0.234 e. The van der Waals surface area contributed by atoms with Crippen LogP contribution in [0.25, 0.3) is 11.0 Å². The van der Waals surface area contributed by atoms with E-state index in [1.807, 2.05) is 12.1 Å². The van der Waals surface area contributed by atoms with Crippen LogP contribution in [0.2, 0.25) is 5.02 Å². The summed E-state index contributed by atoms with van der Waals surface area (Å²) in [6, 6.07) is 11.4. The molecule has 2 fully saturated rings. The quantitative estimate of drug-likeness (QED) is 0.0382. The second kappa shape index (κ2) is 19.5. The number of hydrogen-bond donors (Lipinski definition) is 5. The monoisotopic (exact) mass is 934 g/mol. The summed E-state index contributed by atoms with van der Waals surface area (Å²) in [6.07, 6.45) is 8.67. The van der Waals surface area contributed by atoms with Gasteiger partial charge in [-0.05, 0) is 109 Å². The van der Waals surface area contributed by atoms with Crippen LogP contribution in [0, 0.1) is 5.82 Å². The van der Waals surface area contributed by atoms with Gasteiger partial charge in [0.2, 0.25) is 17.8 Å². The number of ether oxygens (including phenoxy) is 1. The number of anilines is 5. The molecule has 5 aromatic rings. The van der Waals surface area contributed by atoms with Crippen molar-refractivity contribution >= 4 is 91.7 Å². The van der Waals surface area contributed by atoms with Crippen LogP contribution in [0.3, 0.4) is 0 Å². The number of carbonyl (C=O) groups is 2. The number of imide groups is 1. The van der Waals surface area contributed by atoms with Crippen molar-refractivity contribution in [1.29, 1.82) is 0 Å². The molecule has 322 valence electrons. The first-order chi connectivity index (χ1) is 29.3. The minimum Gasteiger partial charge on any atom is -0.494 e. The molecule has 2 aromatic heterocycles. The average Bonchev–Trinajstić information content (AvgIpc) is 3.23. The predicted molar refractivity (Wildman–Crippen MR) is 244 cm³/mol. The van der Waals surface area contributed by atoms with Crippen molar-refractivity contribution < 1.29 is 23.3 Å². The van der Waals surface area contributed by atoms with E-state index < -0.39 is 24.8 Å². The van der Waals surface area contributed by atoms with Gasteiger partial charge in [0.1, 0.15) is 30.0 Å². The van der Waals surface area contributed by atoms with Crippen LogP contribution >= 0.6 is 34.7 Å². The molecule has 18 heteroatoms. The Hall–Kier alpha value is -4.73. The Balaban J connectivity index is 0.916. The molecule has 1 atom stereocenters. The smallest absolute Gasteiger partial charge is 0.234 e. The SMILES string of the molecule is CCc1cc(Nc2ncc(Br)c(Nc3ccc4nccnc4c3P(C)(C)=O)n2)c(OC)cc1N1CCC(NCCNCCc2cc(F)c(C3CCC(=O)NC3=O)c(Cl)c2)CC1. The summed E-state index contributed by atoms with van der Waals surface area (Å²) >= 11 is 10.0. The van der Waals surface area contributed by atoms with Gasteiger partial charge in [0.05, 0.1) is 39.7 Å². The predicted octanol–water partition coefficient (Wildman–Crippen LogP) is 7.19. The van der Waals surface area contributed by atoms with Crippen LogP contribution in [-0.4, -0.2) is 91.0 Å². The zero-order valence-corrected chi connectivity index (χ0v) is 37.8. The van der Waals surface area contributed by atoms with Crippen molar-refractivity contribution in [2.75, 3.05) is 68.7 Å². The highest BCUT2D eigenvalue weighted by atomic mass is 79.9. The number of halogens is 3. The fourth-order valence-electron chi connectivity index (χ4n) is 8.02. The van der Waals surface area contributed by atoms with Gasteiger partial charge in [-0.3, -0.25) is 24.9 Å². The molecule has 5 N–H and O–H groups in total. The van der Waals surface area contributed by atoms with Crippen molar-refractivity contribution in [1.82, 2.24) is 35.9 Å². The van der Waals surface area contributed by atoms with Crippen LogP contribution in [-0.2, 0) is 27.0 Å². The molecule has 1 unspecified atom stereocenters. The van der Waals surface area contributed by atoms with Crippen LogP contribution in [0.15, 0.2) is 59.5 Å². The van der Waals surface area contributed by atoms with Gasteiger partial charge in [0.15, 0.2) is 0 Å². The molecule has 2 aliphatic heterocycles. The third-order valence-electron chi connectivity index (χ3n) is 11.1. The molecule has 0 saturated carbocycles. The fourth-order valence-corrected chi connectivity index (χ4v) is 10.1. The lowest BCUT2D eigenvalue weighted by Gasteiger charge is -2.35. The molecule has 0 bridgehead atoms. The van der Waals surface area contributed by atoms with Crippen LogP contribution in [0.1, 0.15) is 55.2 Å². The minimum absolute atomic E-state index is 0.158. The molecule has 4 heterocycles. The number of rotatable bonds is 16. The molecule has 61 heavy (non-hydrogen) atoms. The summed E-state index contributed by atoms with van der Waals surface area (Å²) in [4.78, 5) is 44.4. The maximum atomic E-state index is 15.1. The van der Waals surface area contributed by atoms with Crippen molar-refractivity contribution in [2.24, 2.45) is 0 Å². The Bertz CT molecular complexity index is 2460. The summed E-state index contributed by atoms with van der Waals surface area (Å²) in [5, 5.41) is 16.9. The third-order valence-corrected chi connectivity index (χ3v) is 13.5. The highest BCUT2D eigenvalue weighted by Gasteiger charge is 2.32. The number of nitrogens with one attached hydrogen (secondary N) is 5. The molecule has 0 spiro atoms. The van der Waals surface area contributed by atoms with Crippen LogP contribution in [0.5, 0.6) is 5.75 Å². The molecule has 0 aliphatic carbocycles. The first-order valence-corrected chi connectivity index (χ1v) is 24.2. The summed E-state index contributed by atoms with van der Waals surface area (Å²) < 4.78 is 35.1. The highest BCUT2D eigenvalue weighted by Crippen LogP contribution is 2.42. The van der Waals surface area contributed by atoms with E-state index in [1.54, 1.807) is 45.1 Å². The standard InChI is InChI=1S/C43H50BrClFN10O4P/c1-5-26-22-34(53-43-51-24-29(44)41(55-43)52-33-8-7-32-39(50-17-16-49-32)40(33)61(3,4)59)36(60-2)23-35(26)56-18-11-27(12-19-56)48-15-14-47-13-10-25-20-30(45)38(31(46)21-25)28-6-9-37(57)54-42(28)58/h7-8,16-17,20-24,27-28,47-48H,5-6,9-15,18-19H2,1-4H3,(H,54,57,58)(H2,51,52,53,55). The van der Waals surface area contributed by atoms with E-state index in [0.717, 1.165) is 62.4 Å². The Morgan fingerprint density at radius 1 is 1.00 bits per heavy atom. The van der Waals surface area contributed by atoms with Gasteiger partial charge < -0.3 is 35.5 Å². The number of piperidine rings is 2. The number of carbonyl (C=O) groups excluding carboxylic acids is 2. The van der Waals surface area contributed by atoms with Crippen molar-refractivity contribution in [3.05, 3.63) is 87.0 Å². The van der Waals surface area contributed by atoms with E-state index in [9.17, 15) is 14.2 Å². The van der Waals surface area contributed by atoms with Crippen molar-refractivity contribution in [2.45, 2.75) is 57.4 Å². The van der Waals surface area contributed by atoms with E-state index >= 15 is 4.39 Å². The molecule has 7 rings (SSSR count). The second-order valence-corrected chi connectivity index (χ2v) is 20.0. The Labute approximate surface area is 368 Å². The van der Waals surface area contributed by atoms with Gasteiger partial charge in [0.25, 0.3) is 0 Å². The minimum atomic E-state index is -2.78. The lowest BCUT2D eigenvalue weighted by atomic mass is 9.89. The van der Waals surface area contributed by atoms with Gasteiger partial charge >= 0.3 is 0 Å².